The summed E-state index contributed by atoms with van der Waals surface area (Å²) in [6.45, 7) is 2.09. The van der Waals surface area contributed by atoms with Crippen LogP contribution in [-0.2, 0) is 23.2 Å². The summed E-state index contributed by atoms with van der Waals surface area (Å²) in [5, 5.41) is 7.16. The van der Waals surface area contributed by atoms with Crippen LogP contribution in [0.3, 0.4) is 0 Å². The topological polar surface area (TPSA) is 80.1 Å². The van der Waals surface area contributed by atoms with E-state index < -0.39 is 0 Å². The molecule has 2 amide bonds. The van der Waals surface area contributed by atoms with Gasteiger partial charge in [0.05, 0.1) is 6.20 Å². The number of pyridine rings is 1. The number of hydrogen-bond donors (Lipinski definition) is 1. The van der Waals surface area contributed by atoms with Crippen molar-refractivity contribution in [1.29, 1.82) is 0 Å². The maximum atomic E-state index is 12.6. The summed E-state index contributed by atoms with van der Waals surface area (Å²) in [5.74, 6) is 0.354. The number of aryl methyl sites for hydroxylation is 1. The number of carbonyl (C=O) groups is 2. The fourth-order valence-electron chi connectivity index (χ4n) is 3.69. The van der Waals surface area contributed by atoms with Crippen LogP contribution < -0.4 is 5.32 Å². The molecular weight excluding hydrogens is 402 g/mol. The summed E-state index contributed by atoms with van der Waals surface area (Å²) in [6.07, 6.45) is 12.8. The van der Waals surface area contributed by atoms with Gasteiger partial charge in [-0.05, 0) is 59.7 Å². The van der Waals surface area contributed by atoms with Crippen molar-refractivity contribution >= 4 is 23.6 Å². The van der Waals surface area contributed by atoms with Gasteiger partial charge < -0.3 is 10.2 Å². The Morgan fingerprint density at radius 2 is 2.06 bits per heavy atom. The summed E-state index contributed by atoms with van der Waals surface area (Å²) < 4.78 is 1.74. The van der Waals surface area contributed by atoms with Gasteiger partial charge in [-0.2, -0.15) is 5.10 Å². The van der Waals surface area contributed by atoms with E-state index in [0.29, 0.717) is 12.5 Å². The third-order valence-corrected chi connectivity index (χ3v) is 5.65. The average molecular weight is 430 g/mol. The molecule has 3 aromatic rings. The summed E-state index contributed by atoms with van der Waals surface area (Å²) in [7, 11) is 3.66. The SMILES string of the molecule is CC(=O)N(C)Cc1cc(NC(=O)C=Cc2cnccc2-c2cnn(C)c2)ccc1C1CC1. The van der Waals surface area contributed by atoms with Crippen LogP contribution in [0.25, 0.3) is 17.2 Å². The minimum atomic E-state index is -0.226. The summed E-state index contributed by atoms with van der Waals surface area (Å²) in [4.78, 5) is 30.2. The largest absolute Gasteiger partial charge is 0.342 e. The molecule has 2 aromatic heterocycles. The number of nitrogens with one attached hydrogen (secondary N) is 1. The van der Waals surface area contributed by atoms with Gasteiger partial charge in [0.15, 0.2) is 0 Å². The summed E-state index contributed by atoms with van der Waals surface area (Å²) in [6, 6.07) is 7.89. The first-order valence-corrected chi connectivity index (χ1v) is 10.7. The monoisotopic (exact) mass is 429 g/mol. The molecule has 7 heteroatoms. The highest BCUT2D eigenvalue weighted by Crippen LogP contribution is 2.42. The van der Waals surface area contributed by atoms with Crippen LogP contribution in [0.1, 0.15) is 42.4 Å². The minimum absolute atomic E-state index is 0.0185. The first-order valence-electron chi connectivity index (χ1n) is 10.7. The molecule has 1 N–H and O–H groups in total. The summed E-state index contributed by atoms with van der Waals surface area (Å²) >= 11 is 0. The van der Waals surface area contributed by atoms with E-state index in [9.17, 15) is 9.59 Å². The predicted molar refractivity (Wildman–Crippen MR) is 125 cm³/mol. The van der Waals surface area contributed by atoms with Crippen molar-refractivity contribution in [3.63, 3.8) is 0 Å². The number of nitrogens with zero attached hydrogens (tertiary/aromatic N) is 4. The number of carbonyl (C=O) groups excluding carboxylic acids is 2. The fraction of sp³-hybridized carbons (Fsp3) is 0.280. The highest BCUT2D eigenvalue weighted by atomic mass is 16.2. The molecule has 0 spiro atoms. The van der Waals surface area contributed by atoms with Gasteiger partial charge >= 0.3 is 0 Å². The van der Waals surface area contributed by atoms with Gasteiger partial charge in [-0.25, -0.2) is 0 Å². The minimum Gasteiger partial charge on any atom is -0.342 e. The molecule has 0 aliphatic heterocycles. The van der Waals surface area contributed by atoms with Crippen molar-refractivity contribution in [2.24, 2.45) is 7.05 Å². The maximum Gasteiger partial charge on any atom is 0.248 e. The Kier molecular flexibility index (Phi) is 6.16. The predicted octanol–water partition coefficient (Wildman–Crippen LogP) is 3.99. The van der Waals surface area contributed by atoms with Crippen molar-refractivity contribution in [1.82, 2.24) is 19.7 Å². The molecule has 1 aromatic carbocycles. The zero-order chi connectivity index (χ0) is 22.7. The van der Waals surface area contributed by atoms with Crippen LogP contribution in [0, 0.1) is 0 Å². The standard InChI is InChI=1S/C25H27N5O2/c1-17(31)29(2)15-20-12-22(7-8-23(20)18-4-5-18)28-25(32)9-6-19-13-26-11-10-24(19)21-14-27-30(3)16-21/h6-14,16,18H,4-5,15H2,1-3H3,(H,28,32). The molecular formula is C25H27N5O2. The molecule has 2 heterocycles. The molecule has 1 saturated carbocycles. The van der Waals surface area contributed by atoms with E-state index in [2.05, 4.69) is 21.5 Å². The first-order chi connectivity index (χ1) is 15.4. The Morgan fingerprint density at radius 1 is 1.25 bits per heavy atom. The summed E-state index contributed by atoms with van der Waals surface area (Å²) in [5.41, 5.74) is 5.82. The van der Waals surface area contributed by atoms with E-state index in [0.717, 1.165) is 27.9 Å². The Hall–Kier alpha value is -3.74. The molecule has 164 valence electrons. The van der Waals surface area contributed by atoms with E-state index >= 15 is 0 Å². The molecule has 0 unspecified atom stereocenters. The third kappa shape index (κ3) is 5.11. The van der Waals surface area contributed by atoms with Crippen molar-refractivity contribution in [2.75, 3.05) is 12.4 Å². The molecule has 7 nitrogen and oxygen atoms in total. The second-order valence-corrected chi connectivity index (χ2v) is 8.25. The number of rotatable bonds is 7. The molecule has 1 aliphatic rings. The lowest BCUT2D eigenvalue weighted by Crippen LogP contribution is -2.23. The number of benzene rings is 1. The smallest absolute Gasteiger partial charge is 0.248 e. The molecule has 0 saturated heterocycles. The van der Waals surface area contributed by atoms with Gasteiger partial charge in [-0.15, -0.1) is 0 Å². The lowest BCUT2D eigenvalue weighted by Gasteiger charge is -2.18. The first kappa shape index (κ1) is 21.5. The van der Waals surface area contributed by atoms with Gasteiger partial charge in [0.25, 0.3) is 0 Å². The van der Waals surface area contributed by atoms with Crippen LogP contribution in [0.2, 0.25) is 0 Å². The van der Waals surface area contributed by atoms with Crippen molar-refractivity contribution < 1.29 is 9.59 Å². The van der Waals surface area contributed by atoms with Gasteiger partial charge in [0.1, 0.15) is 0 Å². The zero-order valence-electron chi connectivity index (χ0n) is 18.6. The van der Waals surface area contributed by atoms with E-state index in [1.54, 1.807) is 48.2 Å². The normalized spacial score (nSPS) is 13.3. The van der Waals surface area contributed by atoms with Crippen LogP contribution in [-0.4, -0.2) is 38.5 Å². The van der Waals surface area contributed by atoms with Crippen molar-refractivity contribution in [3.8, 4) is 11.1 Å². The molecule has 1 aliphatic carbocycles. The fourth-order valence-corrected chi connectivity index (χ4v) is 3.69. The Balaban J connectivity index is 1.50. The van der Waals surface area contributed by atoms with Gasteiger partial charge in [0.2, 0.25) is 11.8 Å². The molecule has 0 radical (unpaired) electrons. The third-order valence-electron chi connectivity index (χ3n) is 5.65. The van der Waals surface area contributed by atoms with Crippen LogP contribution in [0.5, 0.6) is 0 Å². The van der Waals surface area contributed by atoms with Crippen LogP contribution >= 0.6 is 0 Å². The van der Waals surface area contributed by atoms with E-state index in [-0.39, 0.29) is 11.8 Å². The van der Waals surface area contributed by atoms with Crippen LogP contribution in [0.4, 0.5) is 5.69 Å². The van der Waals surface area contributed by atoms with E-state index in [4.69, 9.17) is 0 Å². The number of anilines is 1. The second-order valence-electron chi connectivity index (χ2n) is 8.25. The highest BCUT2D eigenvalue weighted by molar-refractivity contribution is 6.02. The number of amides is 2. The van der Waals surface area contributed by atoms with E-state index in [1.807, 2.05) is 31.4 Å². The number of aromatic nitrogens is 3. The Bertz CT molecular complexity index is 1180. The van der Waals surface area contributed by atoms with Gasteiger partial charge in [-0.1, -0.05) is 6.07 Å². The highest BCUT2D eigenvalue weighted by Gasteiger charge is 2.26. The van der Waals surface area contributed by atoms with Gasteiger partial charge in [-0.3, -0.25) is 19.3 Å². The Labute approximate surface area is 187 Å². The molecule has 4 rings (SSSR count). The molecule has 32 heavy (non-hydrogen) atoms. The lowest BCUT2D eigenvalue weighted by molar-refractivity contribution is -0.128. The van der Waals surface area contributed by atoms with Crippen molar-refractivity contribution in [3.05, 3.63) is 71.8 Å². The Morgan fingerprint density at radius 3 is 2.75 bits per heavy atom. The average Bonchev–Trinajstić information content (AvgIpc) is 3.52. The zero-order valence-corrected chi connectivity index (χ0v) is 18.6. The molecule has 0 atom stereocenters. The second kappa shape index (κ2) is 9.18. The van der Waals surface area contributed by atoms with E-state index in [1.165, 1.54) is 24.5 Å². The maximum absolute atomic E-state index is 12.6. The van der Waals surface area contributed by atoms with Crippen LogP contribution in [0.15, 0.2) is 55.1 Å². The van der Waals surface area contributed by atoms with Crippen molar-refractivity contribution in [2.45, 2.75) is 32.2 Å². The lowest BCUT2D eigenvalue weighted by atomic mass is 10.0. The number of hydrogen-bond acceptors (Lipinski definition) is 4. The van der Waals surface area contributed by atoms with Gasteiger partial charge in [0, 0.05) is 69.0 Å². The quantitative estimate of drug-likeness (QED) is 0.576. The molecule has 0 bridgehead atoms. The molecule has 1 fully saturated rings.